The van der Waals surface area contributed by atoms with Gasteiger partial charge in [-0.25, -0.2) is 4.98 Å². The number of carbonyl (C=O) groups excluding carboxylic acids is 1. The Labute approximate surface area is 125 Å². The Morgan fingerprint density at radius 2 is 2.24 bits per heavy atom. The van der Waals surface area contributed by atoms with Gasteiger partial charge in [0.05, 0.1) is 6.54 Å². The first-order valence-electron chi connectivity index (χ1n) is 7.02. The highest BCUT2D eigenvalue weighted by Crippen LogP contribution is 2.04. The topological polar surface area (TPSA) is 78.4 Å². The quantitative estimate of drug-likeness (QED) is 0.403. The molecule has 0 fully saturated rings. The van der Waals surface area contributed by atoms with Gasteiger partial charge in [-0.3, -0.25) is 9.79 Å². The molecule has 0 saturated heterocycles. The molecule has 0 saturated carbocycles. The minimum Gasteiger partial charge on any atom is -0.357 e. The standard InChI is InChI=1S/C15H23N5O/c1-4-10-17-15(16-5-2)18-11-9-14(21)20-13-8-6-7-12(3)19-13/h4,6-8H,1,5,9-11H2,2-3H3,(H2,16,17,18)(H,19,20,21). The van der Waals surface area contributed by atoms with Gasteiger partial charge in [0.15, 0.2) is 5.96 Å². The van der Waals surface area contributed by atoms with Gasteiger partial charge in [0, 0.05) is 25.2 Å². The molecule has 1 rings (SSSR count). The molecule has 0 aliphatic heterocycles. The summed E-state index contributed by atoms with van der Waals surface area (Å²) in [7, 11) is 0. The van der Waals surface area contributed by atoms with Crippen LogP contribution in [0, 0.1) is 6.92 Å². The second kappa shape index (κ2) is 9.52. The Morgan fingerprint density at radius 3 is 2.90 bits per heavy atom. The number of aryl methyl sites for hydroxylation is 1. The van der Waals surface area contributed by atoms with Crippen LogP contribution in [0.2, 0.25) is 0 Å². The predicted octanol–water partition coefficient (Wildman–Crippen LogP) is 1.46. The molecule has 3 N–H and O–H groups in total. The van der Waals surface area contributed by atoms with Gasteiger partial charge < -0.3 is 16.0 Å². The minimum atomic E-state index is -0.101. The highest BCUT2D eigenvalue weighted by molar-refractivity contribution is 5.90. The molecule has 0 aliphatic rings. The van der Waals surface area contributed by atoms with Gasteiger partial charge in [-0.15, -0.1) is 6.58 Å². The number of rotatable bonds is 7. The van der Waals surface area contributed by atoms with Crippen molar-refractivity contribution in [1.29, 1.82) is 0 Å². The lowest BCUT2D eigenvalue weighted by molar-refractivity contribution is -0.116. The maximum absolute atomic E-state index is 11.8. The Bertz CT molecular complexity index is 499. The Morgan fingerprint density at radius 1 is 1.43 bits per heavy atom. The lowest BCUT2D eigenvalue weighted by atomic mass is 10.3. The number of anilines is 1. The fraction of sp³-hybridized carbons (Fsp3) is 0.400. The van der Waals surface area contributed by atoms with E-state index < -0.39 is 0 Å². The Hall–Kier alpha value is -2.37. The average molecular weight is 289 g/mol. The SMILES string of the molecule is C=CCNC(=NCCC(=O)Nc1cccc(C)n1)NCC. The molecular formula is C15H23N5O. The number of nitrogens with zero attached hydrogens (tertiary/aromatic N) is 2. The molecule has 0 atom stereocenters. The van der Waals surface area contributed by atoms with Crippen molar-refractivity contribution in [2.75, 3.05) is 25.0 Å². The molecule has 0 radical (unpaired) electrons. The van der Waals surface area contributed by atoms with E-state index in [2.05, 4.69) is 32.5 Å². The monoisotopic (exact) mass is 289 g/mol. The first-order chi connectivity index (χ1) is 10.2. The summed E-state index contributed by atoms with van der Waals surface area (Å²) in [5.74, 6) is 1.15. The molecule has 21 heavy (non-hydrogen) atoms. The van der Waals surface area contributed by atoms with Gasteiger partial charge in [-0.2, -0.15) is 0 Å². The summed E-state index contributed by atoms with van der Waals surface area (Å²) in [5.41, 5.74) is 0.869. The van der Waals surface area contributed by atoms with Gasteiger partial charge in [0.2, 0.25) is 5.91 Å². The smallest absolute Gasteiger partial charge is 0.227 e. The van der Waals surface area contributed by atoms with E-state index in [1.54, 1.807) is 12.1 Å². The van der Waals surface area contributed by atoms with E-state index in [0.29, 0.717) is 31.3 Å². The van der Waals surface area contributed by atoms with Crippen molar-refractivity contribution >= 4 is 17.7 Å². The number of aliphatic imine (C=N–C) groups is 1. The van der Waals surface area contributed by atoms with E-state index in [9.17, 15) is 4.79 Å². The number of hydrogen-bond donors (Lipinski definition) is 3. The molecule has 0 spiro atoms. The first kappa shape index (κ1) is 16.7. The molecule has 1 aromatic rings. The number of pyridine rings is 1. The van der Waals surface area contributed by atoms with Crippen LogP contribution in [0.1, 0.15) is 19.0 Å². The highest BCUT2D eigenvalue weighted by Gasteiger charge is 2.03. The second-order valence-electron chi connectivity index (χ2n) is 4.39. The second-order valence-corrected chi connectivity index (χ2v) is 4.39. The van der Waals surface area contributed by atoms with Crippen molar-refractivity contribution in [3.63, 3.8) is 0 Å². The van der Waals surface area contributed by atoms with Gasteiger partial charge in [0.25, 0.3) is 0 Å². The average Bonchev–Trinajstić information content (AvgIpc) is 2.44. The van der Waals surface area contributed by atoms with E-state index in [-0.39, 0.29) is 5.91 Å². The van der Waals surface area contributed by atoms with Gasteiger partial charge in [-0.05, 0) is 26.0 Å². The first-order valence-corrected chi connectivity index (χ1v) is 7.02. The Kier molecular flexibility index (Phi) is 7.56. The molecule has 6 nitrogen and oxygen atoms in total. The number of hydrogen-bond acceptors (Lipinski definition) is 3. The maximum atomic E-state index is 11.8. The number of aromatic nitrogens is 1. The fourth-order valence-corrected chi connectivity index (χ4v) is 1.60. The summed E-state index contributed by atoms with van der Waals surface area (Å²) >= 11 is 0. The zero-order valence-corrected chi connectivity index (χ0v) is 12.6. The summed E-state index contributed by atoms with van der Waals surface area (Å²) in [6.45, 7) is 9.31. The van der Waals surface area contributed by atoms with E-state index in [4.69, 9.17) is 0 Å². The number of carbonyl (C=O) groups is 1. The third-order valence-electron chi connectivity index (χ3n) is 2.52. The Balaban J connectivity index is 2.42. The molecular weight excluding hydrogens is 266 g/mol. The highest BCUT2D eigenvalue weighted by atomic mass is 16.1. The third kappa shape index (κ3) is 7.10. The van der Waals surface area contributed by atoms with Gasteiger partial charge >= 0.3 is 0 Å². The molecule has 0 unspecified atom stereocenters. The van der Waals surface area contributed by atoms with Crippen LogP contribution in [0.5, 0.6) is 0 Å². The molecule has 1 heterocycles. The van der Waals surface area contributed by atoms with E-state index in [1.807, 2.05) is 26.0 Å². The van der Waals surface area contributed by atoms with Crippen molar-refractivity contribution < 1.29 is 4.79 Å². The predicted molar refractivity (Wildman–Crippen MR) is 86.4 cm³/mol. The molecule has 0 bridgehead atoms. The molecule has 6 heteroatoms. The van der Waals surface area contributed by atoms with Crippen molar-refractivity contribution in [3.8, 4) is 0 Å². The zero-order valence-electron chi connectivity index (χ0n) is 12.6. The van der Waals surface area contributed by atoms with Crippen LogP contribution in [0.4, 0.5) is 5.82 Å². The molecule has 1 amide bonds. The zero-order chi connectivity index (χ0) is 15.5. The number of guanidine groups is 1. The maximum Gasteiger partial charge on any atom is 0.227 e. The van der Waals surface area contributed by atoms with E-state index in [1.165, 1.54) is 0 Å². The van der Waals surface area contributed by atoms with Crippen molar-refractivity contribution in [2.24, 2.45) is 4.99 Å². The molecule has 114 valence electrons. The van der Waals surface area contributed by atoms with E-state index in [0.717, 1.165) is 12.2 Å². The summed E-state index contributed by atoms with van der Waals surface area (Å²) < 4.78 is 0. The van der Waals surface area contributed by atoms with Crippen molar-refractivity contribution in [1.82, 2.24) is 15.6 Å². The molecule has 1 aromatic heterocycles. The van der Waals surface area contributed by atoms with Crippen LogP contribution < -0.4 is 16.0 Å². The number of nitrogens with one attached hydrogen (secondary N) is 3. The largest absolute Gasteiger partial charge is 0.357 e. The van der Waals surface area contributed by atoms with Crippen molar-refractivity contribution in [2.45, 2.75) is 20.3 Å². The molecule has 0 aromatic carbocycles. The summed E-state index contributed by atoms with van der Waals surface area (Å²) in [5, 5.41) is 8.93. The van der Waals surface area contributed by atoms with Crippen LogP contribution in [-0.2, 0) is 4.79 Å². The summed E-state index contributed by atoms with van der Waals surface area (Å²) in [4.78, 5) is 20.3. The summed E-state index contributed by atoms with van der Waals surface area (Å²) in [6, 6.07) is 5.51. The lowest BCUT2D eigenvalue weighted by Crippen LogP contribution is -2.37. The third-order valence-corrected chi connectivity index (χ3v) is 2.52. The summed E-state index contributed by atoms with van der Waals surface area (Å²) in [6.07, 6.45) is 2.06. The van der Waals surface area contributed by atoms with Gasteiger partial charge in [-0.1, -0.05) is 12.1 Å². The number of amides is 1. The van der Waals surface area contributed by atoms with Crippen LogP contribution >= 0.6 is 0 Å². The van der Waals surface area contributed by atoms with Crippen LogP contribution in [0.3, 0.4) is 0 Å². The minimum absolute atomic E-state index is 0.101. The molecule has 0 aliphatic carbocycles. The van der Waals surface area contributed by atoms with Crippen LogP contribution in [-0.4, -0.2) is 36.5 Å². The fourth-order valence-electron chi connectivity index (χ4n) is 1.60. The van der Waals surface area contributed by atoms with Crippen LogP contribution in [0.15, 0.2) is 35.8 Å². The normalized spacial score (nSPS) is 10.9. The van der Waals surface area contributed by atoms with Crippen molar-refractivity contribution in [3.05, 3.63) is 36.5 Å². The van der Waals surface area contributed by atoms with E-state index >= 15 is 0 Å². The van der Waals surface area contributed by atoms with Crippen LogP contribution in [0.25, 0.3) is 0 Å². The van der Waals surface area contributed by atoms with Gasteiger partial charge in [0.1, 0.15) is 5.82 Å². The lowest BCUT2D eigenvalue weighted by Gasteiger charge is -2.09.